The highest BCUT2D eigenvalue weighted by atomic mass is 35.5. The van der Waals surface area contributed by atoms with Gasteiger partial charge in [0, 0.05) is 28.0 Å². The van der Waals surface area contributed by atoms with Crippen LogP contribution in [0.5, 0.6) is 0 Å². The zero-order valence-electron chi connectivity index (χ0n) is 15.5. The molecule has 142 valence electrons. The van der Waals surface area contributed by atoms with E-state index in [9.17, 15) is 4.79 Å². The third kappa shape index (κ3) is 3.85. The standard InChI is InChI=1S/C21H18ClN3OS2/c1-13-14(2)28-19-18(13)20(26)25(11-16-4-3-9-23-10-16)21(24-19)27-12-15-5-7-17(22)8-6-15/h3-10H,11-12H2,1-2H3. The summed E-state index contributed by atoms with van der Waals surface area (Å²) >= 11 is 9.12. The summed E-state index contributed by atoms with van der Waals surface area (Å²) < 4.78 is 1.76. The van der Waals surface area contributed by atoms with Crippen molar-refractivity contribution in [2.24, 2.45) is 0 Å². The number of fused-ring (bicyclic) bond motifs is 1. The van der Waals surface area contributed by atoms with Gasteiger partial charge in [0.25, 0.3) is 5.56 Å². The van der Waals surface area contributed by atoms with E-state index in [1.807, 2.05) is 50.2 Å². The van der Waals surface area contributed by atoms with Gasteiger partial charge in [-0.05, 0) is 48.7 Å². The Labute approximate surface area is 176 Å². The summed E-state index contributed by atoms with van der Waals surface area (Å²) in [6, 6.07) is 11.6. The Kier molecular flexibility index (Phi) is 5.53. The molecule has 0 radical (unpaired) electrons. The van der Waals surface area contributed by atoms with Crippen LogP contribution in [-0.2, 0) is 12.3 Å². The number of rotatable bonds is 5. The number of benzene rings is 1. The average molecular weight is 428 g/mol. The van der Waals surface area contributed by atoms with Gasteiger partial charge in [0.05, 0.1) is 11.9 Å². The lowest BCUT2D eigenvalue weighted by Gasteiger charge is -2.12. The molecule has 0 aliphatic heterocycles. The Morgan fingerprint density at radius 1 is 1.14 bits per heavy atom. The van der Waals surface area contributed by atoms with Crippen LogP contribution in [0, 0.1) is 13.8 Å². The van der Waals surface area contributed by atoms with Crippen molar-refractivity contribution in [2.75, 3.05) is 0 Å². The molecule has 1 aromatic carbocycles. The fourth-order valence-corrected chi connectivity index (χ4v) is 5.11. The molecule has 4 rings (SSSR count). The maximum atomic E-state index is 13.3. The molecule has 0 fully saturated rings. The van der Waals surface area contributed by atoms with Gasteiger partial charge in [-0.2, -0.15) is 0 Å². The number of halogens is 1. The second kappa shape index (κ2) is 8.07. The van der Waals surface area contributed by atoms with Gasteiger partial charge in [-0.15, -0.1) is 11.3 Å². The minimum Gasteiger partial charge on any atom is -0.282 e. The first-order valence-corrected chi connectivity index (χ1v) is 11.0. The van der Waals surface area contributed by atoms with E-state index in [0.717, 1.165) is 36.9 Å². The fraction of sp³-hybridized carbons (Fsp3) is 0.190. The maximum absolute atomic E-state index is 13.3. The molecule has 0 aliphatic carbocycles. The van der Waals surface area contributed by atoms with Crippen molar-refractivity contribution in [3.63, 3.8) is 0 Å². The molecule has 0 atom stereocenters. The molecule has 3 heterocycles. The molecule has 0 amide bonds. The second-order valence-electron chi connectivity index (χ2n) is 6.53. The summed E-state index contributed by atoms with van der Waals surface area (Å²) in [4.78, 5) is 24.3. The molecule has 0 aliphatic rings. The summed E-state index contributed by atoms with van der Waals surface area (Å²) in [5.41, 5.74) is 3.14. The van der Waals surface area contributed by atoms with Gasteiger partial charge in [-0.25, -0.2) is 4.98 Å². The Morgan fingerprint density at radius 2 is 1.93 bits per heavy atom. The quantitative estimate of drug-likeness (QED) is 0.313. The molecule has 0 spiro atoms. The minimum absolute atomic E-state index is 0.00862. The zero-order chi connectivity index (χ0) is 19.7. The highest BCUT2D eigenvalue weighted by molar-refractivity contribution is 7.98. The monoisotopic (exact) mass is 427 g/mol. The first-order valence-electron chi connectivity index (χ1n) is 8.79. The molecule has 0 N–H and O–H groups in total. The number of thioether (sulfide) groups is 1. The fourth-order valence-electron chi connectivity index (χ4n) is 2.96. The minimum atomic E-state index is 0.00862. The Balaban J connectivity index is 1.77. The molecule has 0 bridgehead atoms. The SMILES string of the molecule is Cc1sc2nc(SCc3ccc(Cl)cc3)n(Cc3cccnc3)c(=O)c2c1C. The average Bonchev–Trinajstić information content (AvgIpc) is 2.98. The van der Waals surface area contributed by atoms with Crippen molar-refractivity contribution in [1.29, 1.82) is 0 Å². The summed E-state index contributed by atoms with van der Waals surface area (Å²) in [6.07, 6.45) is 3.52. The van der Waals surface area contributed by atoms with E-state index < -0.39 is 0 Å². The lowest BCUT2D eigenvalue weighted by molar-refractivity contribution is 0.657. The molecule has 4 nitrogen and oxygen atoms in total. The van der Waals surface area contributed by atoms with Gasteiger partial charge >= 0.3 is 0 Å². The second-order valence-corrected chi connectivity index (χ2v) is 9.11. The van der Waals surface area contributed by atoms with Crippen LogP contribution in [0.3, 0.4) is 0 Å². The van der Waals surface area contributed by atoms with Crippen LogP contribution < -0.4 is 5.56 Å². The molecule has 3 aromatic heterocycles. The first-order chi connectivity index (χ1) is 13.5. The summed E-state index contributed by atoms with van der Waals surface area (Å²) in [5.74, 6) is 0.714. The molecule has 4 aromatic rings. The van der Waals surface area contributed by atoms with Gasteiger partial charge in [-0.1, -0.05) is 41.6 Å². The number of aryl methyl sites for hydroxylation is 2. The molecule has 7 heteroatoms. The lowest BCUT2D eigenvalue weighted by Crippen LogP contribution is -2.24. The Morgan fingerprint density at radius 3 is 2.64 bits per heavy atom. The third-order valence-electron chi connectivity index (χ3n) is 4.60. The first kappa shape index (κ1) is 19.2. The molecule has 0 unspecified atom stereocenters. The number of pyridine rings is 1. The predicted octanol–water partition coefficient (Wildman–Crippen LogP) is 5.46. The molecular formula is C21H18ClN3OS2. The van der Waals surface area contributed by atoms with Crippen LogP contribution in [0.1, 0.15) is 21.6 Å². The highest BCUT2D eigenvalue weighted by Crippen LogP contribution is 2.29. The third-order valence-corrected chi connectivity index (χ3v) is 7.00. The van der Waals surface area contributed by atoms with E-state index in [0.29, 0.717) is 17.3 Å². The van der Waals surface area contributed by atoms with Crippen molar-refractivity contribution in [3.05, 3.63) is 85.7 Å². The summed E-state index contributed by atoms with van der Waals surface area (Å²) in [5, 5.41) is 2.16. The number of thiophene rings is 1. The van der Waals surface area contributed by atoms with E-state index in [-0.39, 0.29) is 5.56 Å². The lowest BCUT2D eigenvalue weighted by atomic mass is 10.2. The zero-order valence-corrected chi connectivity index (χ0v) is 17.9. The maximum Gasteiger partial charge on any atom is 0.263 e. The van der Waals surface area contributed by atoms with Crippen LogP contribution in [0.4, 0.5) is 0 Å². The number of nitrogens with zero attached hydrogens (tertiary/aromatic N) is 3. The van der Waals surface area contributed by atoms with E-state index in [4.69, 9.17) is 16.6 Å². The van der Waals surface area contributed by atoms with E-state index in [1.165, 1.54) is 0 Å². The van der Waals surface area contributed by atoms with Gasteiger partial charge in [0.2, 0.25) is 0 Å². The topological polar surface area (TPSA) is 47.8 Å². The van der Waals surface area contributed by atoms with Crippen molar-refractivity contribution in [2.45, 2.75) is 31.3 Å². The van der Waals surface area contributed by atoms with Crippen LogP contribution >= 0.6 is 34.7 Å². The largest absolute Gasteiger partial charge is 0.282 e. The van der Waals surface area contributed by atoms with Crippen LogP contribution in [-0.4, -0.2) is 14.5 Å². The van der Waals surface area contributed by atoms with E-state index in [1.54, 1.807) is 40.1 Å². The van der Waals surface area contributed by atoms with E-state index in [2.05, 4.69) is 4.98 Å². The summed E-state index contributed by atoms with van der Waals surface area (Å²) in [6.45, 7) is 4.48. The highest BCUT2D eigenvalue weighted by Gasteiger charge is 2.17. The van der Waals surface area contributed by atoms with Crippen molar-refractivity contribution >= 4 is 44.9 Å². The molecule has 0 saturated carbocycles. The Bertz CT molecular complexity index is 1180. The van der Waals surface area contributed by atoms with Crippen LogP contribution in [0.2, 0.25) is 5.02 Å². The van der Waals surface area contributed by atoms with Crippen molar-refractivity contribution in [3.8, 4) is 0 Å². The van der Waals surface area contributed by atoms with Crippen LogP contribution in [0.25, 0.3) is 10.2 Å². The van der Waals surface area contributed by atoms with Crippen molar-refractivity contribution < 1.29 is 0 Å². The van der Waals surface area contributed by atoms with Crippen LogP contribution in [0.15, 0.2) is 58.7 Å². The smallest absolute Gasteiger partial charge is 0.263 e. The van der Waals surface area contributed by atoms with Gasteiger partial charge in [0.15, 0.2) is 5.16 Å². The number of hydrogen-bond donors (Lipinski definition) is 0. The number of hydrogen-bond acceptors (Lipinski definition) is 5. The molecule has 28 heavy (non-hydrogen) atoms. The summed E-state index contributed by atoms with van der Waals surface area (Å²) in [7, 11) is 0. The predicted molar refractivity (Wildman–Crippen MR) is 118 cm³/mol. The van der Waals surface area contributed by atoms with Gasteiger partial charge < -0.3 is 0 Å². The van der Waals surface area contributed by atoms with Gasteiger partial charge in [-0.3, -0.25) is 14.3 Å². The van der Waals surface area contributed by atoms with Crippen molar-refractivity contribution in [1.82, 2.24) is 14.5 Å². The Hall–Kier alpha value is -2.15. The molecular weight excluding hydrogens is 410 g/mol. The molecule has 0 saturated heterocycles. The number of aromatic nitrogens is 3. The normalized spacial score (nSPS) is 11.2. The van der Waals surface area contributed by atoms with Gasteiger partial charge in [0.1, 0.15) is 4.83 Å². The van der Waals surface area contributed by atoms with E-state index >= 15 is 0 Å².